The monoisotopic (exact) mass is 292 g/mol. The van der Waals surface area contributed by atoms with Gasteiger partial charge in [-0.25, -0.2) is 4.39 Å². The largest absolute Gasteiger partial charge is 0.383 e. The van der Waals surface area contributed by atoms with E-state index in [2.05, 4.69) is 9.80 Å². The smallest absolute Gasteiger partial charge is 0.127 e. The first-order valence-corrected chi connectivity index (χ1v) is 7.93. The fourth-order valence-corrected chi connectivity index (χ4v) is 3.76. The molecular weight excluding hydrogens is 267 g/mol. The van der Waals surface area contributed by atoms with Crippen molar-refractivity contribution >= 4 is 0 Å². The molecule has 0 amide bonds. The summed E-state index contributed by atoms with van der Waals surface area (Å²) in [7, 11) is 1.76. The number of piperidine rings is 1. The molecule has 0 radical (unpaired) electrons. The Morgan fingerprint density at radius 1 is 1.14 bits per heavy atom. The Morgan fingerprint density at radius 2 is 1.90 bits per heavy atom. The van der Waals surface area contributed by atoms with Crippen molar-refractivity contribution in [1.29, 1.82) is 0 Å². The summed E-state index contributed by atoms with van der Waals surface area (Å²) in [5, 5.41) is 0. The molecule has 2 aliphatic rings. The minimum atomic E-state index is -0.0749. The Hall–Kier alpha value is -0.970. The molecule has 0 N–H and O–H groups in total. The van der Waals surface area contributed by atoms with E-state index in [0.717, 1.165) is 50.2 Å². The lowest BCUT2D eigenvalue weighted by Crippen LogP contribution is -2.41. The fourth-order valence-electron chi connectivity index (χ4n) is 3.76. The van der Waals surface area contributed by atoms with Gasteiger partial charge in [-0.2, -0.15) is 0 Å². The molecule has 2 aliphatic heterocycles. The van der Waals surface area contributed by atoms with Crippen molar-refractivity contribution in [2.45, 2.75) is 13.0 Å². The van der Waals surface area contributed by atoms with Crippen LogP contribution in [0.5, 0.6) is 0 Å². The predicted molar refractivity (Wildman–Crippen MR) is 81.6 cm³/mol. The average molecular weight is 292 g/mol. The maximum absolute atomic E-state index is 13.8. The third-order valence-corrected chi connectivity index (χ3v) is 4.92. The number of ether oxygens (including phenoxy) is 1. The van der Waals surface area contributed by atoms with Crippen LogP contribution in [0.25, 0.3) is 0 Å². The maximum Gasteiger partial charge on any atom is 0.127 e. The number of halogens is 1. The Kier molecular flexibility index (Phi) is 4.88. The number of fused-ring (bicyclic) bond motifs is 1. The Morgan fingerprint density at radius 3 is 2.71 bits per heavy atom. The maximum atomic E-state index is 13.8. The molecule has 0 aromatic heterocycles. The molecule has 2 heterocycles. The van der Waals surface area contributed by atoms with E-state index in [9.17, 15) is 4.39 Å². The van der Waals surface area contributed by atoms with Crippen molar-refractivity contribution in [1.82, 2.24) is 9.80 Å². The standard InChI is InChI=1S/C17H25FN2O/c1-21-9-8-19-7-6-14-10-20(13-16(14)12-19)11-15-4-2-3-5-17(15)18/h2-5,14,16H,6-13H2,1H3/t14-,16+/m0/s1. The lowest BCUT2D eigenvalue weighted by Gasteiger charge is -2.34. The van der Waals surface area contributed by atoms with Crippen molar-refractivity contribution in [3.05, 3.63) is 35.6 Å². The summed E-state index contributed by atoms with van der Waals surface area (Å²) in [6, 6.07) is 7.15. The zero-order valence-corrected chi connectivity index (χ0v) is 12.8. The molecule has 0 unspecified atom stereocenters. The molecule has 0 aliphatic carbocycles. The van der Waals surface area contributed by atoms with Crippen molar-refractivity contribution in [2.75, 3.05) is 46.4 Å². The highest BCUT2D eigenvalue weighted by molar-refractivity contribution is 5.17. The second-order valence-corrected chi connectivity index (χ2v) is 6.39. The molecular formula is C17H25FN2O. The Bertz CT molecular complexity index is 468. The van der Waals surface area contributed by atoms with Crippen LogP contribution in [-0.2, 0) is 11.3 Å². The van der Waals surface area contributed by atoms with Crippen molar-refractivity contribution in [2.24, 2.45) is 11.8 Å². The molecule has 4 heteroatoms. The van der Waals surface area contributed by atoms with Gasteiger partial charge in [0.1, 0.15) is 5.82 Å². The van der Waals surface area contributed by atoms with E-state index in [1.165, 1.54) is 19.5 Å². The zero-order chi connectivity index (χ0) is 14.7. The van der Waals surface area contributed by atoms with Crippen molar-refractivity contribution in [3.8, 4) is 0 Å². The molecule has 1 aromatic carbocycles. The molecule has 2 atom stereocenters. The van der Waals surface area contributed by atoms with E-state index >= 15 is 0 Å². The van der Waals surface area contributed by atoms with E-state index in [0.29, 0.717) is 0 Å². The quantitative estimate of drug-likeness (QED) is 0.828. The van der Waals surface area contributed by atoms with Gasteiger partial charge in [0.25, 0.3) is 0 Å². The van der Waals surface area contributed by atoms with E-state index < -0.39 is 0 Å². The summed E-state index contributed by atoms with van der Waals surface area (Å²) < 4.78 is 18.9. The van der Waals surface area contributed by atoms with Gasteiger partial charge in [-0.3, -0.25) is 4.90 Å². The number of hydrogen-bond donors (Lipinski definition) is 0. The average Bonchev–Trinajstić information content (AvgIpc) is 2.89. The second kappa shape index (κ2) is 6.86. The first-order valence-electron chi connectivity index (χ1n) is 7.93. The first-order chi connectivity index (χ1) is 10.3. The van der Waals surface area contributed by atoms with Crippen LogP contribution >= 0.6 is 0 Å². The highest BCUT2D eigenvalue weighted by Gasteiger charge is 2.36. The Balaban J connectivity index is 1.54. The number of hydrogen-bond acceptors (Lipinski definition) is 3. The van der Waals surface area contributed by atoms with Crippen molar-refractivity contribution in [3.63, 3.8) is 0 Å². The molecule has 2 fully saturated rings. The number of likely N-dealkylation sites (tertiary alicyclic amines) is 2. The number of rotatable bonds is 5. The molecule has 2 saturated heterocycles. The Labute approximate surface area is 126 Å². The van der Waals surface area contributed by atoms with Gasteiger partial charge < -0.3 is 9.64 Å². The van der Waals surface area contributed by atoms with E-state index in [4.69, 9.17) is 4.74 Å². The van der Waals surface area contributed by atoms with Crippen LogP contribution in [0.2, 0.25) is 0 Å². The number of methoxy groups -OCH3 is 1. The topological polar surface area (TPSA) is 15.7 Å². The minimum absolute atomic E-state index is 0.0749. The summed E-state index contributed by atoms with van der Waals surface area (Å²) in [5.41, 5.74) is 0.826. The van der Waals surface area contributed by atoms with Gasteiger partial charge in [-0.05, 0) is 30.9 Å². The summed E-state index contributed by atoms with van der Waals surface area (Å²) in [6.07, 6.45) is 1.27. The lowest BCUT2D eigenvalue weighted by molar-refractivity contribution is 0.102. The van der Waals surface area contributed by atoms with E-state index in [1.54, 1.807) is 19.2 Å². The SMILES string of the molecule is COCCN1CC[C@H]2CN(Cc3ccccc3F)C[C@H]2C1. The highest BCUT2D eigenvalue weighted by atomic mass is 19.1. The number of benzene rings is 1. The van der Waals surface area contributed by atoms with E-state index in [-0.39, 0.29) is 5.82 Å². The summed E-state index contributed by atoms with van der Waals surface area (Å²) in [6.45, 7) is 7.17. The second-order valence-electron chi connectivity index (χ2n) is 6.39. The van der Waals surface area contributed by atoms with Crippen molar-refractivity contribution < 1.29 is 9.13 Å². The van der Waals surface area contributed by atoms with Gasteiger partial charge in [-0.15, -0.1) is 0 Å². The van der Waals surface area contributed by atoms with Crippen LogP contribution in [-0.4, -0.2) is 56.2 Å². The van der Waals surface area contributed by atoms with Gasteiger partial charge in [0.15, 0.2) is 0 Å². The molecule has 3 rings (SSSR count). The minimum Gasteiger partial charge on any atom is -0.383 e. The number of nitrogens with zero attached hydrogens (tertiary/aromatic N) is 2. The molecule has 0 bridgehead atoms. The van der Waals surface area contributed by atoms with Crippen LogP contribution in [0.1, 0.15) is 12.0 Å². The van der Waals surface area contributed by atoms with Crippen LogP contribution in [0.4, 0.5) is 4.39 Å². The molecule has 0 spiro atoms. The van der Waals surface area contributed by atoms with Crippen LogP contribution < -0.4 is 0 Å². The van der Waals surface area contributed by atoms with Gasteiger partial charge in [0.05, 0.1) is 6.61 Å². The van der Waals surface area contributed by atoms with Crippen LogP contribution in [0.3, 0.4) is 0 Å². The normalized spacial score (nSPS) is 27.0. The highest BCUT2D eigenvalue weighted by Crippen LogP contribution is 2.32. The van der Waals surface area contributed by atoms with Crippen LogP contribution in [0.15, 0.2) is 24.3 Å². The third kappa shape index (κ3) is 3.62. The zero-order valence-electron chi connectivity index (χ0n) is 12.8. The van der Waals surface area contributed by atoms with Gasteiger partial charge >= 0.3 is 0 Å². The van der Waals surface area contributed by atoms with E-state index in [1.807, 2.05) is 12.1 Å². The van der Waals surface area contributed by atoms with Gasteiger partial charge in [-0.1, -0.05) is 18.2 Å². The fraction of sp³-hybridized carbons (Fsp3) is 0.647. The van der Waals surface area contributed by atoms with Gasteiger partial charge in [0.2, 0.25) is 0 Å². The summed E-state index contributed by atoms with van der Waals surface area (Å²) in [5.74, 6) is 1.45. The molecule has 116 valence electrons. The van der Waals surface area contributed by atoms with Crippen LogP contribution in [0, 0.1) is 17.7 Å². The summed E-state index contributed by atoms with van der Waals surface area (Å²) >= 11 is 0. The molecule has 1 aromatic rings. The summed E-state index contributed by atoms with van der Waals surface area (Å²) in [4.78, 5) is 4.94. The lowest BCUT2D eigenvalue weighted by atomic mass is 9.89. The molecule has 0 saturated carbocycles. The third-order valence-electron chi connectivity index (χ3n) is 4.92. The predicted octanol–water partition coefficient (Wildman–Crippen LogP) is 2.23. The molecule has 3 nitrogen and oxygen atoms in total. The molecule has 21 heavy (non-hydrogen) atoms. The first kappa shape index (κ1) is 14.9. The van der Waals surface area contributed by atoms with Gasteiger partial charge in [0, 0.05) is 45.4 Å².